The minimum Gasteiger partial charge on any atom is -0.403 e. The largest absolute Gasteiger partial charge is 0.419 e. The molecule has 33 heavy (non-hydrogen) atoms. The number of hydrogen-bond acceptors (Lipinski definition) is 4. The summed E-state index contributed by atoms with van der Waals surface area (Å²) in [6.45, 7) is 2.44. The molecule has 2 amide bonds. The Morgan fingerprint density at radius 1 is 1.15 bits per heavy atom. The zero-order valence-corrected chi connectivity index (χ0v) is 17.6. The second-order valence-corrected chi connectivity index (χ2v) is 7.73. The maximum atomic E-state index is 14.4. The predicted molar refractivity (Wildman–Crippen MR) is 113 cm³/mol. The Balaban J connectivity index is 1.42. The second kappa shape index (κ2) is 9.05. The van der Waals surface area contributed by atoms with Gasteiger partial charge in [0, 0.05) is 24.2 Å². The predicted octanol–water partition coefficient (Wildman–Crippen LogP) is 5.85. The first-order valence-electron chi connectivity index (χ1n) is 10.2. The molecule has 2 heterocycles. The average molecular weight is 460 g/mol. The third-order valence-corrected chi connectivity index (χ3v) is 5.42. The smallest absolute Gasteiger partial charge is 0.403 e. The first-order chi connectivity index (χ1) is 15.7. The number of anilines is 1. The number of likely N-dealkylation sites (tertiary alicyclic amines) is 1. The van der Waals surface area contributed by atoms with Gasteiger partial charge in [-0.2, -0.15) is 13.2 Å². The van der Waals surface area contributed by atoms with E-state index < -0.39 is 23.6 Å². The van der Waals surface area contributed by atoms with E-state index in [4.69, 9.17) is 4.42 Å². The van der Waals surface area contributed by atoms with Crippen LogP contribution in [0.3, 0.4) is 0 Å². The number of amides is 2. The highest BCUT2D eigenvalue weighted by Crippen LogP contribution is 2.34. The lowest BCUT2D eigenvalue weighted by atomic mass is 9.91. The molecule has 1 unspecified atom stereocenters. The van der Waals surface area contributed by atoms with Gasteiger partial charge in [0.1, 0.15) is 5.82 Å². The van der Waals surface area contributed by atoms with E-state index in [1.807, 2.05) is 25.1 Å². The van der Waals surface area contributed by atoms with E-state index in [-0.39, 0.29) is 23.4 Å². The van der Waals surface area contributed by atoms with Gasteiger partial charge in [-0.15, -0.1) is 5.10 Å². The Morgan fingerprint density at radius 2 is 1.91 bits per heavy atom. The monoisotopic (exact) mass is 460 g/mol. The summed E-state index contributed by atoms with van der Waals surface area (Å²) in [6.07, 6.45) is -2.93. The summed E-state index contributed by atoms with van der Waals surface area (Å²) in [5, 5.41) is 10.3. The molecular weight excluding hydrogens is 440 g/mol. The van der Waals surface area contributed by atoms with Gasteiger partial charge in [-0.25, -0.2) is 9.18 Å². The molecule has 1 saturated heterocycles. The second-order valence-electron chi connectivity index (χ2n) is 7.73. The van der Waals surface area contributed by atoms with Crippen LogP contribution in [0.15, 0.2) is 58.5 Å². The fraction of sp³-hybridized carbons (Fsp3) is 0.261. The van der Waals surface area contributed by atoms with Crippen LogP contribution < -0.4 is 5.32 Å². The van der Waals surface area contributed by atoms with Gasteiger partial charge < -0.3 is 9.32 Å². The minimum atomic E-state index is -4.76. The van der Waals surface area contributed by atoms with Crippen molar-refractivity contribution in [2.45, 2.75) is 19.5 Å². The van der Waals surface area contributed by atoms with E-state index >= 15 is 0 Å². The number of halogens is 4. The van der Waals surface area contributed by atoms with Crippen molar-refractivity contribution in [1.29, 1.82) is 0 Å². The highest BCUT2D eigenvalue weighted by molar-refractivity contribution is 5.87. The van der Waals surface area contributed by atoms with Gasteiger partial charge in [-0.3, -0.25) is 5.32 Å². The molecular formula is C23H20F4N4O2. The molecule has 1 fully saturated rings. The number of aromatic nitrogens is 2. The molecule has 4 rings (SSSR count). The van der Waals surface area contributed by atoms with Crippen molar-refractivity contribution in [3.63, 3.8) is 0 Å². The van der Waals surface area contributed by atoms with E-state index in [9.17, 15) is 22.4 Å². The van der Waals surface area contributed by atoms with Crippen molar-refractivity contribution >= 4 is 18.1 Å². The molecule has 0 bridgehead atoms. The molecule has 10 heteroatoms. The number of nitrogens with one attached hydrogen (secondary N) is 1. The summed E-state index contributed by atoms with van der Waals surface area (Å²) in [5.41, 5.74) is 0.0646. The van der Waals surface area contributed by atoms with Crippen molar-refractivity contribution in [2.75, 3.05) is 18.4 Å². The molecule has 6 nitrogen and oxygen atoms in total. The number of hydrogen-bond donors (Lipinski definition) is 1. The van der Waals surface area contributed by atoms with Gasteiger partial charge in [-0.05, 0) is 30.5 Å². The molecule has 2 aromatic carbocycles. The summed E-state index contributed by atoms with van der Waals surface area (Å²) in [7, 11) is 0. The number of carbonyl (C=O) groups is 1. The maximum Gasteiger partial charge on any atom is 0.419 e. The van der Waals surface area contributed by atoms with Crippen LogP contribution in [0.4, 0.5) is 28.4 Å². The normalized spacial score (nSPS) is 17.9. The van der Waals surface area contributed by atoms with E-state index in [1.165, 1.54) is 23.1 Å². The Bertz CT molecular complexity index is 1170. The molecule has 0 saturated carbocycles. The average Bonchev–Trinajstić information content (AvgIpc) is 3.24. The van der Waals surface area contributed by atoms with Crippen molar-refractivity contribution in [2.24, 2.45) is 5.92 Å². The number of alkyl halides is 3. The Hall–Kier alpha value is -3.69. The van der Waals surface area contributed by atoms with Gasteiger partial charge in [0.25, 0.3) is 0 Å². The van der Waals surface area contributed by atoms with Crippen molar-refractivity contribution < 1.29 is 26.8 Å². The molecule has 172 valence electrons. The number of urea groups is 1. The van der Waals surface area contributed by atoms with Gasteiger partial charge in [-0.1, -0.05) is 54.0 Å². The van der Waals surface area contributed by atoms with Crippen molar-refractivity contribution in [3.8, 4) is 11.5 Å². The van der Waals surface area contributed by atoms with E-state index in [2.05, 4.69) is 15.5 Å². The fourth-order valence-corrected chi connectivity index (χ4v) is 3.67. The molecule has 1 N–H and O–H groups in total. The Morgan fingerprint density at radius 3 is 2.61 bits per heavy atom. The van der Waals surface area contributed by atoms with Crippen LogP contribution in [-0.4, -0.2) is 34.2 Å². The SMILES string of the molecule is CC1CN(C(=O)Nc2nnc(-c3ccccc3)o2)CCC1=Cc1cccc(C(F)(F)F)c1F. The van der Waals surface area contributed by atoms with Crippen LogP contribution in [0.1, 0.15) is 24.5 Å². The number of benzene rings is 2. The van der Waals surface area contributed by atoms with Crippen LogP contribution in [-0.2, 0) is 6.18 Å². The number of piperidine rings is 1. The highest BCUT2D eigenvalue weighted by Gasteiger charge is 2.35. The standard InChI is InChI=1S/C23H20F4N4O2/c1-14-13-31(22(32)28-21-30-29-20(33-21)15-6-3-2-4-7-15)11-10-16(14)12-17-8-5-9-18(19(17)24)23(25,26)27/h2-9,12,14H,10-11,13H2,1H3,(H,28,30,32). The summed E-state index contributed by atoms with van der Waals surface area (Å²) < 4.78 is 58.8. The quantitative estimate of drug-likeness (QED) is 0.498. The Kier molecular flexibility index (Phi) is 6.17. The molecule has 3 aromatic rings. The first-order valence-corrected chi connectivity index (χ1v) is 10.2. The molecule has 0 radical (unpaired) electrons. The minimum absolute atomic E-state index is 0.0427. The summed E-state index contributed by atoms with van der Waals surface area (Å²) in [4.78, 5) is 14.2. The third kappa shape index (κ3) is 5.05. The van der Waals surface area contributed by atoms with Crippen molar-refractivity contribution in [1.82, 2.24) is 15.1 Å². The van der Waals surface area contributed by atoms with Crippen LogP contribution in [0.2, 0.25) is 0 Å². The van der Waals surface area contributed by atoms with Crippen LogP contribution in [0.5, 0.6) is 0 Å². The summed E-state index contributed by atoms with van der Waals surface area (Å²) in [6, 6.07) is 11.8. The number of carbonyl (C=O) groups excluding carboxylic acids is 1. The van der Waals surface area contributed by atoms with Gasteiger partial charge >= 0.3 is 18.2 Å². The molecule has 1 aliphatic heterocycles. The number of nitrogens with zero attached hydrogens (tertiary/aromatic N) is 3. The highest BCUT2D eigenvalue weighted by atomic mass is 19.4. The van der Waals surface area contributed by atoms with Gasteiger partial charge in [0.05, 0.1) is 5.56 Å². The first kappa shape index (κ1) is 22.5. The van der Waals surface area contributed by atoms with Crippen LogP contribution in [0, 0.1) is 11.7 Å². The Labute approximate surface area is 186 Å². The lowest BCUT2D eigenvalue weighted by molar-refractivity contribution is -0.140. The molecule has 1 aromatic heterocycles. The van der Waals surface area contributed by atoms with Crippen molar-refractivity contribution in [3.05, 3.63) is 71.0 Å². The van der Waals surface area contributed by atoms with E-state index in [1.54, 1.807) is 12.1 Å². The summed E-state index contributed by atoms with van der Waals surface area (Å²) in [5.74, 6) is -1.21. The molecule has 1 atom stereocenters. The van der Waals surface area contributed by atoms with E-state index in [0.717, 1.165) is 5.57 Å². The maximum absolute atomic E-state index is 14.4. The molecule has 1 aliphatic rings. The topological polar surface area (TPSA) is 71.3 Å². The third-order valence-electron chi connectivity index (χ3n) is 5.42. The molecule has 0 spiro atoms. The van der Waals surface area contributed by atoms with E-state index in [0.29, 0.717) is 31.1 Å². The summed E-state index contributed by atoms with van der Waals surface area (Å²) >= 11 is 0. The fourth-order valence-electron chi connectivity index (χ4n) is 3.67. The van der Waals surface area contributed by atoms with Gasteiger partial charge in [0.15, 0.2) is 0 Å². The zero-order valence-electron chi connectivity index (χ0n) is 17.6. The zero-order chi connectivity index (χ0) is 23.6. The van der Waals surface area contributed by atoms with Gasteiger partial charge in [0.2, 0.25) is 5.89 Å². The van der Waals surface area contributed by atoms with Crippen LogP contribution in [0.25, 0.3) is 17.5 Å². The molecule has 0 aliphatic carbocycles. The lowest BCUT2D eigenvalue weighted by Gasteiger charge is -2.32. The lowest BCUT2D eigenvalue weighted by Crippen LogP contribution is -2.42. The van der Waals surface area contributed by atoms with Crippen LogP contribution >= 0.6 is 0 Å². The number of rotatable bonds is 3.